The molecule has 1 atom stereocenters. The molecular formula is C22H24N2O3. The Morgan fingerprint density at radius 2 is 1.74 bits per heavy atom. The van der Waals surface area contributed by atoms with Crippen LogP contribution in [0.1, 0.15) is 24.8 Å². The largest absolute Gasteiger partial charge is 0.441 e. The molecule has 2 fully saturated rings. The van der Waals surface area contributed by atoms with E-state index in [1.54, 1.807) is 0 Å². The highest BCUT2D eigenvalue weighted by Crippen LogP contribution is 2.29. The molecule has 1 spiro atoms. The lowest BCUT2D eigenvalue weighted by molar-refractivity contribution is -0.130. The second kappa shape index (κ2) is 7.43. The highest BCUT2D eigenvalue weighted by Gasteiger charge is 2.41. The van der Waals surface area contributed by atoms with Crippen molar-refractivity contribution in [1.82, 2.24) is 10.2 Å². The quantitative estimate of drug-likeness (QED) is 0.908. The summed E-state index contributed by atoms with van der Waals surface area (Å²) in [4.78, 5) is 26.1. The van der Waals surface area contributed by atoms with E-state index in [2.05, 4.69) is 29.6 Å². The molecule has 4 rings (SSSR count). The van der Waals surface area contributed by atoms with Gasteiger partial charge in [-0.3, -0.25) is 4.79 Å². The fourth-order valence-corrected chi connectivity index (χ4v) is 3.93. The van der Waals surface area contributed by atoms with Crippen LogP contribution in [0, 0.1) is 0 Å². The van der Waals surface area contributed by atoms with Gasteiger partial charge in [0.2, 0.25) is 5.91 Å². The van der Waals surface area contributed by atoms with Crippen molar-refractivity contribution in [2.75, 3.05) is 19.6 Å². The number of carbonyl (C=O) groups excluding carboxylic acids is 2. The van der Waals surface area contributed by atoms with Crippen LogP contribution in [-0.4, -0.2) is 42.1 Å². The summed E-state index contributed by atoms with van der Waals surface area (Å²) in [6.45, 7) is 1.91. The predicted molar refractivity (Wildman–Crippen MR) is 103 cm³/mol. The monoisotopic (exact) mass is 364 g/mol. The minimum atomic E-state index is -0.427. The summed E-state index contributed by atoms with van der Waals surface area (Å²) in [5.74, 6) is 0.136. The molecule has 0 radical (unpaired) electrons. The average molecular weight is 364 g/mol. The zero-order valence-electron chi connectivity index (χ0n) is 15.3. The molecule has 2 aromatic carbocycles. The fraction of sp³-hybridized carbons (Fsp3) is 0.364. The molecule has 1 N–H and O–H groups in total. The second-order valence-electron chi connectivity index (χ2n) is 7.40. The van der Waals surface area contributed by atoms with Gasteiger partial charge in [-0.05, 0) is 29.5 Å². The molecule has 2 aliphatic heterocycles. The number of alkyl carbamates (subject to hydrolysis) is 1. The molecule has 0 saturated carbocycles. The topological polar surface area (TPSA) is 58.6 Å². The first-order valence-electron chi connectivity index (χ1n) is 9.53. The number of nitrogens with one attached hydrogen (secondary N) is 1. The van der Waals surface area contributed by atoms with Gasteiger partial charge in [-0.15, -0.1) is 0 Å². The molecule has 2 aromatic rings. The van der Waals surface area contributed by atoms with Gasteiger partial charge in [0, 0.05) is 19.5 Å². The van der Waals surface area contributed by atoms with E-state index >= 15 is 0 Å². The molecule has 2 saturated heterocycles. The van der Waals surface area contributed by atoms with E-state index in [0.717, 1.165) is 30.5 Å². The van der Waals surface area contributed by atoms with Crippen molar-refractivity contribution in [1.29, 1.82) is 0 Å². The van der Waals surface area contributed by atoms with E-state index in [1.807, 2.05) is 35.2 Å². The molecule has 5 nitrogen and oxygen atoms in total. The van der Waals surface area contributed by atoms with Gasteiger partial charge in [0.05, 0.1) is 13.0 Å². The van der Waals surface area contributed by atoms with E-state index < -0.39 is 5.60 Å². The summed E-state index contributed by atoms with van der Waals surface area (Å²) in [5.41, 5.74) is 2.92. The molecule has 5 heteroatoms. The molecule has 27 heavy (non-hydrogen) atoms. The molecule has 0 aliphatic carbocycles. The maximum Gasteiger partial charge on any atom is 0.407 e. The van der Waals surface area contributed by atoms with E-state index in [1.165, 1.54) is 5.56 Å². The smallest absolute Gasteiger partial charge is 0.407 e. The Morgan fingerprint density at radius 3 is 2.44 bits per heavy atom. The third kappa shape index (κ3) is 3.97. The number of likely N-dealkylation sites (tertiary alicyclic amines) is 1. The van der Waals surface area contributed by atoms with E-state index in [4.69, 9.17) is 4.74 Å². The third-order valence-corrected chi connectivity index (χ3v) is 5.53. The number of nitrogens with zero attached hydrogens (tertiary/aromatic N) is 1. The third-order valence-electron chi connectivity index (χ3n) is 5.53. The molecule has 2 heterocycles. The molecule has 0 unspecified atom stereocenters. The molecule has 2 amide bonds. The van der Waals surface area contributed by atoms with Gasteiger partial charge >= 0.3 is 6.09 Å². The number of hydrogen-bond donors (Lipinski definition) is 1. The lowest BCUT2D eigenvalue weighted by atomic mass is 9.95. The summed E-state index contributed by atoms with van der Waals surface area (Å²) in [5, 5.41) is 2.75. The van der Waals surface area contributed by atoms with E-state index in [9.17, 15) is 9.59 Å². The Balaban J connectivity index is 1.37. The Hall–Kier alpha value is -2.82. The highest BCUT2D eigenvalue weighted by molar-refractivity contribution is 5.79. The maximum absolute atomic E-state index is 12.7. The van der Waals surface area contributed by atoms with Crippen LogP contribution in [-0.2, 0) is 16.0 Å². The predicted octanol–water partition coefficient (Wildman–Crippen LogP) is 3.39. The molecule has 140 valence electrons. The summed E-state index contributed by atoms with van der Waals surface area (Å²) in [6.07, 6.45) is 2.42. The van der Waals surface area contributed by atoms with Crippen molar-refractivity contribution in [2.24, 2.45) is 0 Å². The maximum atomic E-state index is 12.7. The fourth-order valence-electron chi connectivity index (χ4n) is 3.93. The van der Waals surface area contributed by atoms with Gasteiger partial charge in [0.15, 0.2) is 0 Å². The second-order valence-corrected chi connectivity index (χ2v) is 7.40. The minimum Gasteiger partial charge on any atom is -0.441 e. The van der Waals surface area contributed by atoms with Crippen LogP contribution in [0.3, 0.4) is 0 Å². The zero-order valence-corrected chi connectivity index (χ0v) is 15.3. The van der Waals surface area contributed by atoms with E-state index in [0.29, 0.717) is 25.9 Å². The van der Waals surface area contributed by atoms with Crippen molar-refractivity contribution in [2.45, 2.75) is 31.3 Å². The van der Waals surface area contributed by atoms with Crippen molar-refractivity contribution in [3.63, 3.8) is 0 Å². The molecule has 2 aliphatic rings. The number of benzene rings is 2. The van der Waals surface area contributed by atoms with Gasteiger partial charge in [-0.2, -0.15) is 0 Å². The van der Waals surface area contributed by atoms with Crippen LogP contribution < -0.4 is 5.32 Å². The lowest BCUT2D eigenvalue weighted by Crippen LogP contribution is -2.37. The number of hydrogen-bond acceptors (Lipinski definition) is 3. The summed E-state index contributed by atoms with van der Waals surface area (Å²) < 4.78 is 5.48. The standard InChI is InChI=1S/C22H24N2O3/c25-20(24-13-4-11-22(12-14-24)16-23-21(26)27-22)15-17-7-9-19(10-8-17)18-5-2-1-3-6-18/h1-3,5-10H,4,11-16H2,(H,23,26)/t22-/m1/s1. The Morgan fingerprint density at radius 1 is 1.00 bits per heavy atom. The zero-order chi connectivity index (χ0) is 18.7. The molecule has 0 bridgehead atoms. The highest BCUT2D eigenvalue weighted by atomic mass is 16.6. The van der Waals surface area contributed by atoms with Crippen LogP contribution in [0.4, 0.5) is 4.79 Å². The minimum absolute atomic E-state index is 0.136. The van der Waals surface area contributed by atoms with Crippen molar-refractivity contribution < 1.29 is 14.3 Å². The van der Waals surface area contributed by atoms with E-state index in [-0.39, 0.29) is 12.0 Å². The Bertz CT molecular complexity index is 819. The van der Waals surface area contributed by atoms with Gasteiger partial charge < -0.3 is 15.0 Å². The normalized spacial score (nSPS) is 22.2. The van der Waals surface area contributed by atoms with Crippen molar-refractivity contribution in [3.05, 3.63) is 60.2 Å². The van der Waals surface area contributed by atoms with Crippen molar-refractivity contribution >= 4 is 12.0 Å². The first-order chi connectivity index (χ1) is 13.1. The molecular weight excluding hydrogens is 340 g/mol. The molecule has 0 aromatic heterocycles. The van der Waals surface area contributed by atoms with Gasteiger partial charge in [0.1, 0.15) is 5.60 Å². The van der Waals surface area contributed by atoms with Crippen molar-refractivity contribution in [3.8, 4) is 11.1 Å². The van der Waals surface area contributed by atoms with Crippen LogP contribution in [0.2, 0.25) is 0 Å². The Labute approximate surface area is 159 Å². The SMILES string of the molecule is O=C1NC[C@]2(CCCN(C(=O)Cc3ccc(-c4ccccc4)cc3)CC2)O1. The summed E-state index contributed by atoms with van der Waals surface area (Å²) >= 11 is 0. The van der Waals surface area contributed by atoms with Crippen LogP contribution in [0.25, 0.3) is 11.1 Å². The van der Waals surface area contributed by atoms with Gasteiger partial charge in [-0.1, -0.05) is 54.6 Å². The summed E-state index contributed by atoms with van der Waals surface area (Å²) in [6, 6.07) is 18.4. The first kappa shape index (κ1) is 17.6. The van der Waals surface area contributed by atoms with Crippen LogP contribution in [0.5, 0.6) is 0 Å². The van der Waals surface area contributed by atoms with Crippen LogP contribution >= 0.6 is 0 Å². The van der Waals surface area contributed by atoms with Gasteiger partial charge in [0.25, 0.3) is 0 Å². The van der Waals surface area contributed by atoms with Crippen LogP contribution in [0.15, 0.2) is 54.6 Å². The summed E-state index contributed by atoms with van der Waals surface area (Å²) in [7, 11) is 0. The number of carbonyl (C=O) groups is 2. The number of rotatable bonds is 3. The lowest BCUT2D eigenvalue weighted by Gasteiger charge is -2.25. The van der Waals surface area contributed by atoms with Gasteiger partial charge in [-0.25, -0.2) is 4.79 Å². The number of ether oxygens (including phenoxy) is 1. The first-order valence-corrected chi connectivity index (χ1v) is 9.53. The number of amides is 2. The Kier molecular flexibility index (Phi) is 4.84. The average Bonchev–Trinajstić information content (AvgIpc) is 2.93.